The summed E-state index contributed by atoms with van der Waals surface area (Å²) in [5, 5.41) is 0. The molecule has 3 aliphatic rings. The van der Waals surface area contributed by atoms with E-state index < -0.39 is 0 Å². The highest BCUT2D eigenvalue weighted by Gasteiger charge is 2.59. The molecule has 23 heavy (non-hydrogen) atoms. The molecule has 0 spiro atoms. The zero-order chi connectivity index (χ0) is 16.9. The lowest BCUT2D eigenvalue weighted by Crippen LogP contribution is -2.54. The smallest absolute Gasteiger partial charge is 0.311 e. The molecule has 0 radical (unpaired) electrons. The minimum absolute atomic E-state index is 0.00485. The van der Waals surface area contributed by atoms with E-state index in [1.165, 1.54) is 19.3 Å². The molecule has 0 bridgehead atoms. The highest BCUT2D eigenvalue weighted by molar-refractivity contribution is 5.77. The van der Waals surface area contributed by atoms with Crippen LogP contribution in [-0.2, 0) is 9.53 Å². The Balaban J connectivity index is 2.03. The van der Waals surface area contributed by atoms with Crippen LogP contribution < -0.4 is 0 Å². The number of hydrogen-bond donors (Lipinski definition) is 0. The van der Waals surface area contributed by atoms with Gasteiger partial charge in [0.2, 0.25) is 0 Å². The molecule has 0 aromatic carbocycles. The molecule has 3 rings (SSSR count). The fraction of sp³-hybridized carbons (Fsp3) is 0.762. The summed E-state index contributed by atoms with van der Waals surface area (Å²) in [5.41, 5.74) is 1.67. The van der Waals surface area contributed by atoms with Gasteiger partial charge in [-0.15, -0.1) is 6.58 Å². The Morgan fingerprint density at radius 2 is 2.00 bits per heavy atom. The van der Waals surface area contributed by atoms with Crippen molar-refractivity contribution in [1.82, 2.24) is 0 Å². The maximum absolute atomic E-state index is 12.6. The van der Waals surface area contributed by atoms with E-state index in [1.54, 1.807) is 12.7 Å². The summed E-state index contributed by atoms with van der Waals surface area (Å²) in [6, 6.07) is 0. The Morgan fingerprint density at radius 1 is 1.26 bits per heavy atom. The first-order valence-corrected chi connectivity index (χ1v) is 9.24. The summed E-state index contributed by atoms with van der Waals surface area (Å²) in [5.74, 6) is 1.01. The molecule has 0 saturated heterocycles. The average Bonchev–Trinajstić information content (AvgIpc) is 2.54. The average molecular weight is 316 g/mol. The highest BCUT2D eigenvalue weighted by Crippen LogP contribution is 2.65. The van der Waals surface area contributed by atoms with Gasteiger partial charge in [-0.25, -0.2) is 0 Å². The molecule has 3 aliphatic carbocycles. The van der Waals surface area contributed by atoms with E-state index in [0.717, 1.165) is 25.7 Å². The van der Waals surface area contributed by atoms with Gasteiger partial charge in [0.05, 0.1) is 12.5 Å². The van der Waals surface area contributed by atoms with Crippen LogP contribution in [0.15, 0.2) is 24.3 Å². The number of allylic oxidation sites excluding steroid dienone is 3. The second-order valence-electron chi connectivity index (χ2n) is 8.77. The standard InChI is InChI=1S/C21H32O2/c1-6-19(2)12-7-9-16-15(19)10-11-17-20(16,3)13-8-14-21(17,4)18(22)23-5/h6,9,15,17H,1,7-8,10-14H2,2-5H3/t15-,17+,19-,20+,21-/m1/s1. The maximum Gasteiger partial charge on any atom is 0.311 e. The van der Waals surface area contributed by atoms with Crippen LogP contribution in [0.25, 0.3) is 0 Å². The van der Waals surface area contributed by atoms with Crippen LogP contribution in [-0.4, -0.2) is 13.1 Å². The fourth-order valence-corrected chi connectivity index (χ4v) is 6.24. The van der Waals surface area contributed by atoms with Gasteiger partial charge in [-0.3, -0.25) is 4.79 Å². The zero-order valence-corrected chi connectivity index (χ0v) is 15.3. The first-order chi connectivity index (χ1) is 10.8. The Labute approximate surface area is 141 Å². The van der Waals surface area contributed by atoms with Gasteiger partial charge in [0.1, 0.15) is 0 Å². The molecule has 2 heteroatoms. The predicted octanol–water partition coefficient (Wildman–Crippen LogP) is 5.29. The molecule has 2 fully saturated rings. The minimum Gasteiger partial charge on any atom is -0.469 e. The van der Waals surface area contributed by atoms with E-state index in [4.69, 9.17) is 4.74 Å². The largest absolute Gasteiger partial charge is 0.469 e. The predicted molar refractivity (Wildman–Crippen MR) is 93.9 cm³/mol. The molecule has 0 aromatic rings. The molecular formula is C21H32O2. The molecule has 0 amide bonds. The quantitative estimate of drug-likeness (QED) is 0.511. The molecule has 2 saturated carbocycles. The van der Waals surface area contributed by atoms with Crippen molar-refractivity contribution in [2.45, 2.75) is 65.7 Å². The molecule has 0 aromatic heterocycles. The van der Waals surface area contributed by atoms with Crippen LogP contribution in [0.3, 0.4) is 0 Å². The lowest BCUT2D eigenvalue weighted by molar-refractivity contribution is -0.164. The van der Waals surface area contributed by atoms with E-state index in [1.807, 2.05) is 0 Å². The summed E-state index contributed by atoms with van der Waals surface area (Å²) in [6.45, 7) is 11.1. The summed E-state index contributed by atoms with van der Waals surface area (Å²) in [6.07, 6.45) is 12.7. The van der Waals surface area contributed by atoms with Crippen LogP contribution in [0.1, 0.15) is 65.7 Å². The molecule has 0 N–H and O–H groups in total. The van der Waals surface area contributed by atoms with Gasteiger partial charge in [-0.1, -0.05) is 38.0 Å². The second-order valence-corrected chi connectivity index (χ2v) is 8.77. The van der Waals surface area contributed by atoms with Gasteiger partial charge in [0, 0.05) is 0 Å². The highest BCUT2D eigenvalue weighted by atomic mass is 16.5. The summed E-state index contributed by atoms with van der Waals surface area (Å²) >= 11 is 0. The Morgan fingerprint density at radius 3 is 2.65 bits per heavy atom. The number of carbonyl (C=O) groups excluding carboxylic acids is 1. The van der Waals surface area contributed by atoms with Crippen molar-refractivity contribution >= 4 is 5.97 Å². The van der Waals surface area contributed by atoms with Gasteiger partial charge in [-0.2, -0.15) is 0 Å². The van der Waals surface area contributed by atoms with E-state index in [-0.39, 0.29) is 22.2 Å². The van der Waals surface area contributed by atoms with Crippen molar-refractivity contribution in [3.05, 3.63) is 24.3 Å². The third-order valence-corrected chi connectivity index (χ3v) is 7.67. The third kappa shape index (κ3) is 2.24. The van der Waals surface area contributed by atoms with Crippen LogP contribution in [0.4, 0.5) is 0 Å². The lowest BCUT2D eigenvalue weighted by Gasteiger charge is -2.59. The Bertz CT molecular complexity index is 548. The van der Waals surface area contributed by atoms with Crippen LogP contribution in [0.2, 0.25) is 0 Å². The van der Waals surface area contributed by atoms with Gasteiger partial charge in [0.15, 0.2) is 0 Å². The summed E-state index contributed by atoms with van der Waals surface area (Å²) in [7, 11) is 1.54. The number of esters is 1. The molecule has 0 unspecified atom stereocenters. The maximum atomic E-state index is 12.6. The zero-order valence-electron chi connectivity index (χ0n) is 15.3. The number of carbonyl (C=O) groups is 1. The topological polar surface area (TPSA) is 26.3 Å². The molecule has 128 valence electrons. The van der Waals surface area contributed by atoms with Crippen molar-refractivity contribution in [3.8, 4) is 0 Å². The number of hydrogen-bond acceptors (Lipinski definition) is 2. The summed E-state index contributed by atoms with van der Waals surface area (Å²) in [4.78, 5) is 12.6. The monoisotopic (exact) mass is 316 g/mol. The van der Waals surface area contributed by atoms with Crippen LogP contribution in [0.5, 0.6) is 0 Å². The molecule has 5 atom stereocenters. The van der Waals surface area contributed by atoms with Crippen molar-refractivity contribution in [2.75, 3.05) is 7.11 Å². The second kappa shape index (κ2) is 5.50. The first-order valence-electron chi connectivity index (χ1n) is 9.24. The van der Waals surface area contributed by atoms with Crippen molar-refractivity contribution in [2.24, 2.45) is 28.1 Å². The third-order valence-electron chi connectivity index (χ3n) is 7.67. The van der Waals surface area contributed by atoms with Gasteiger partial charge < -0.3 is 4.74 Å². The minimum atomic E-state index is -0.324. The number of rotatable bonds is 2. The van der Waals surface area contributed by atoms with Crippen molar-refractivity contribution in [3.63, 3.8) is 0 Å². The molecule has 2 nitrogen and oxygen atoms in total. The van der Waals surface area contributed by atoms with Crippen molar-refractivity contribution < 1.29 is 9.53 Å². The van der Waals surface area contributed by atoms with E-state index in [2.05, 4.69) is 39.5 Å². The lowest BCUT2D eigenvalue weighted by atomic mass is 9.44. The van der Waals surface area contributed by atoms with Crippen molar-refractivity contribution in [1.29, 1.82) is 0 Å². The van der Waals surface area contributed by atoms with Crippen LogP contribution in [0, 0.1) is 28.1 Å². The Hall–Kier alpha value is -1.05. The number of fused-ring (bicyclic) bond motifs is 3. The molecular weight excluding hydrogens is 284 g/mol. The molecule has 0 aliphatic heterocycles. The number of ether oxygens (including phenoxy) is 1. The summed E-state index contributed by atoms with van der Waals surface area (Å²) < 4.78 is 5.21. The SMILES string of the molecule is C=C[C@]1(C)CCC=C2[C@H]1CC[C@@H]1[C@](C)(C(=O)OC)CCC[C@@]21C. The van der Waals surface area contributed by atoms with Crippen LogP contribution >= 0.6 is 0 Å². The van der Waals surface area contributed by atoms with E-state index >= 15 is 0 Å². The van der Waals surface area contributed by atoms with Gasteiger partial charge in [0.25, 0.3) is 0 Å². The fourth-order valence-electron chi connectivity index (χ4n) is 6.24. The van der Waals surface area contributed by atoms with Gasteiger partial charge >= 0.3 is 5.97 Å². The van der Waals surface area contributed by atoms with Gasteiger partial charge in [-0.05, 0) is 68.1 Å². The normalized spacial score (nSPS) is 46.2. The Kier molecular flexibility index (Phi) is 4.01. The van der Waals surface area contributed by atoms with E-state index in [0.29, 0.717) is 11.8 Å². The van der Waals surface area contributed by atoms with E-state index in [9.17, 15) is 4.79 Å². The molecule has 0 heterocycles. The first kappa shape index (κ1) is 16.8. The number of methoxy groups -OCH3 is 1.